The minimum absolute atomic E-state index is 0.000515. The summed E-state index contributed by atoms with van der Waals surface area (Å²) in [7, 11) is 0. The van der Waals surface area contributed by atoms with Crippen molar-refractivity contribution >= 4 is 22.5 Å². The number of fused-ring (bicyclic) bond motifs is 1. The molecular weight excluding hydrogens is 402 g/mol. The van der Waals surface area contributed by atoms with Crippen LogP contribution in [0, 0.1) is 0 Å². The number of rotatable bonds is 5. The standard InChI is InChI=1S/C25H21N5O2/c1-16(17-7-3-2-4-8-17)30-15-19(13-27-30)24(31)28-20-12-21(25(32)26-14-20)23-11-18-9-5-6-10-22(18)29-23/h2-16,29H,1H3,(H,26,32)(H,28,31)/t16-/m0/s1. The van der Waals surface area contributed by atoms with Crippen LogP contribution in [0.25, 0.3) is 22.2 Å². The molecule has 0 spiro atoms. The Bertz CT molecular complexity index is 1430. The van der Waals surface area contributed by atoms with Crippen molar-refractivity contribution in [2.24, 2.45) is 0 Å². The second-order valence-electron chi connectivity index (χ2n) is 7.65. The third-order valence-corrected chi connectivity index (χ3v) is 5.52. The van der Waals surface area contributed by atoms with Crippen molar-refractivity contribution in [3.05, 3.63) is 107 Å². The van der Waals surface area contributed by atoms with E-state index in [1.54, 1.807) is 23.1 Å². The van der Waals surface area contributed by atoms with Crippen molar-refractivity contribution < 1.29 is 4.79 Å². The Labute approximate surface area is 183 Å². The summed E-state index contributed by atoms with van der Waals surface area (Å²) in [4.78, 5) is 31.2. The molecule has 7 heteroatoms. The molecule has 5 aromatic rings. The van der Waals surface area contributed by atoms with Gasteiger partial charge in [-0.15, -0.1) is 0 Å². The van der Waals surface area contributed by atoms with E-state index in [-0.39, 0.29) is 17.5 Å². The number of para-hydroxylation sites is 1. The first-order valence-corrected chi connectivity index (χ1v) is 10.3. The first kappa shape index (κ1) is 19.6. The zero-order chi connectivity index (χ0) is 22.1. The fourth-order valence-electron chi connectivity index (χ4n) is 3.73. The molecule has 0 saturated heterocycles. The predicted molar refractivity (Wildman–Crippen MR) is 125 cm³/mol. The number of hydrogen-bond acceptors (Lipinski definition) is 3. The van der Waals surface area contributed by atoms with Crippen molar-refractivity contribution in [2.45, 2.75) is 13.0 Å². The van der Waals surface area contributed by atoms with Gasteiger partial charge in [0.2, 0.25) is 0 Å². The number of pyridine rings is 1. The number of carbonyl (C=O) groups excluding carboxylic acids is 1. The molecule has 0 fully saturated rings. The lowest BCUT2D eigenvalue weighted by molar-refractivity contribution is 0.102. The summed E-state index contributed by atoms with van der Waals surface area (Å²) in [5, 5.41) is 8.21. The summed E-state index contributed by atoms with van der Waals surface area (Å²) in [6.07, 6.45) is 4.75. The molecule has 0 saturated carbocycles. The molecule has 2 aromatic carbocycles. The maximum atomic E-state index is 12.8. The highest BCUT2D eigenvalue weighted by atomic mass is 16.1. The van der Waals surface area contributed by atoms with Gasteiger partial charge in [0.15, 0.2) is 0 Å². The second-order valence-corrected chi connectivity index (χ2v) is 7.65. The van der Waals surface area contributed by atoms with E-state index in [0.717, 1.165) is 16.5 Å². The number of aromatic amines is 2. The second kappa shape index (κ2) is 8.03. The Morgan fingerprint density at radius 3 is 2.66 bits per heavy atom. The van der Waals surface area contributed by atoms with Crippen LogP contribution in [0.5, 0.6) is 0 Å². The van der Waals surface area contributed by atoms with Crippen molar-refractivity contribution in [1.29, 1.82) is 0 Å². The first-order valence-electron chi connectivity index (χ1n) is 10.3. The number of anilines is 1. The van der Waals surface area contributed by atoms with Crippen molar-refractivity contribution in [2.75, 3.05) is 5.32 Å². The number of H-pyrrole nitrogens is 2. The van der Waals surface area contributed by atoms with Crippen LogP contribution in [-0.2, 0) is 0 Å². The zero-order valence-corrected chi connectivity index (χ0v) is 17.4. The zero-order valence-electron chi connectivity index (χ0n) is 17.4. The molecule has 0 radical (unpaired) electrons. The normalized spacial score (nSPS) is 12.0. The van der Waals surface area contributed by atoms with E-state index in [2.05, 4.69) is 20.4 Å². The number of benzene rings is 2. The molecule has 3 aromatic heterocycles. The molecule has 32 heavy (non-hydrogen) atoms. The average molecular weight is 423 g/mol. The monoisotopic (exact) mass is 423 g/mol. The highest BCUT2D eigenvalue weighted by Crippen LogP contribution is 2.23. The lowest BCUT2D eigenvalue weighted by Crippen LogP contribution is -2.15. The van der Waals surface area contributed by atoms with Crippen LogP contribution in [0.15, 0.2) is 90.1 Å². The summed E-state index contributed by atoms with van der Waals surface area (Å²) in [6.45, 7) is 2.03. The van der Waals surface area contributed by atoms with Crippen LogP contribution in [0.4, 0.5) is 5.69 Å². The average Bonchev–Trinajstić information content (AvgIpc) is 3.48. The van der Waals surface area contributed by atoms with Gasteiger partial charge in [0.1, 0.15) is 0 Å². The largest absolute Gasteiger partial charge is 0.354 e. The lowest BCUT2D eigenvalue weighted by atomic mass is 10.1. The molecule has 5 rings (SSSR count). The molecular formula is C25H21N5O2. The SMILES string of the molecule is C[C@@H](c1ccccc1)n1cc(C(=O)Nc2c[nH]c(=O)c(-c3cc4ccccc4[nH]3)c2)cn1. The molecule has 1 amide bonds. The molecule has 0 aliphatic rings. The number of hydrogen-bond donors (Lipinski definition) is 3. The van der Waals surface area contributed by atoms with Crippen LogP contribution >= 0.6 is 0 Å². The third kappa shape index (κ3) is 3.72. The Hall–Kier alpha value is -4.39. The van der Waals surface area contributed by atoms with Crippen molar-refractivity contribution in [1.82, 2.24) is 19.7 Å². The molecule has 0 aliphatic heterocycles. The fraction of sp³-hybridized carbons (Fsp3) is 0.0800. The van der Waals surface area contributed by atoms with Gasteiger partial charge in [0, 0.05) is 23.3 Å². The summed E-state index contributed by atoms with van der Waals surface area (Å²) in [5.41, 5.74) is 3.88. The third-order valence-electron chi connectivity index (χ3n) is 5.52. The van der Waals surface area contributed by atoms with Gasteiger partial charge in [-0.1, -0.05) is 48.5 Å². The van der Waals surface area contributed by atoms with Gasteiger partial charge < -0.3 is 15.3 Å². The Morgan fingerprint density at radius 1 is 1.06 bits per heavy atom. The van der Waals surface area contributed by atoms with Crippen molar-refractivity contribution in [3.8, 4) is 11.3 Å². The first-order chi connectivity index (χ1) is 15.6. The number of nitrogens with zero attached hydrogens (tertiary/aromatic N) is 2. The molecule has 0 aliphatic carbocycles. The summed E-state index contributed by atoms with van der Waals surface area (Å²) < 4.78 is 1.76. The van der Waals surface area contributed by atoms with Gasteiger partial charge in [0.25, 0.3) is 11.5 Å². The topological polar surface area (TPSA) is 95.6 Å². The van der Waals surface area contributed by atoms with Gasteiger partial charge in [-0.2, -0.15) is 5.10 Å². The quantitative estimate of drug-likeness (QED) is 0.386. The van der Waals surface area contributed by atoms with Crippen LogP contribution < -0.4 is 10.9 Å². The van der Waals surface area contributed by atoms with Gasteiger partial charge in [-0.25, -0.2) is 0 Å². The number of carbonyl (C=O) groups is 1. The van der Waals surface area contributed by atoms with Gasteiger partial charge in [-0.05, 0) is 30.7 Å². The maximum absolute atomic E-state index is 12.8. The molecule has 0 bridgehead atoms. The molecule has 158 valence electrons. The maximum Gasteiger partial charge on any atom is 0.258 e. The Balaban J connectivity index is 1.38. The van der Waals surface area contributed by atoms with E-state index in [4.69, 9.17) is 0 Å². The fourth-order valence-corrected chi connectivity index (χ4v) is 3.73. The van der Waals surface area contributed by atoms with Gasteiger partial charge >= 0.3 is 0 Å². The van der Waals surface area contributed by atoms with Crippen LogP contribution in [0.2, 0.25) is 0 Å². The van der Waals surface area contributed by atoms with Crippen LogP contribution in [-0.4, -0.2) is 25.7 Å². The predicted octanol–water partition coefficient (Wildman–Crippen LogP) is 4.58. The van der Waals surface area contributed by atoms with E-state index in [1.807, 2.05) is 67.6 Å². The minimum atomic E-state index is -0.300. The van der Waals surface area contributed by atoms with E-state index in [0.29, 0.717) is 22.5 Å². The van der Waals surface area contributed by atoms with Gasteiger partial charge in [-0.3, -0.25) is 14.3 Å². The molecule has 0 unspecified atom stereocenters. The lowest BCUT2D eigenvalue weighted by Gasteiger charge is -2.12. The molecule has 3 N–H and O–H groups in total. The summed E-state index contributed by atoms with van der Waals surface area (Å²) in [6, 6.07) is 21.4. The van der Waals surface area contributed by atoms with Gasteiger partial charge in [0.05, 0.1) is 34.7 Å². The van der Waals surface area contributed by atoms with E-state index >= 15 is 0 Å². The van der Waals surface area contributed by atoms with Crippen molar-refractivity contribution in [3.63, 3.8) is 0 Å². The van der Waals surface area contributed by atoms with Crippen LogP contribution in [0.1, 0.15) is 28.9 Å². The summed E-state index contributed by atoms with van der Waals surface area (Å²) in [5.74, 6) is -0.300. The van der Waals surface area contributed by atoms with E-state index < -0.39 is 0 Å². The minimum Gasteiger partial charge on any atom is -0.354 e. The number of amides is 1. The number of aromatic nitrogens is 4. The van der Waals surface area contributed by atoms with E-state index in [1.165, 1.54) is 6.20 Å². The number of nitrogens with one attached hydrogen (secondary N) is 3. The Morgan fingerprint density at radius 2 is 1.84 bits per heavy atom. The molecule has 1 atom stereocenters. The Kier molecular flexibility index (Phi) is 4.91. The van der Waals surface area contributed by atoms with Crippen LogP contribution in [0.3, 0.4) is 0 Å². The summed E-state index contributed by atoms with van der Waals surface area (Å²) >= 11 is 0. The highest BCUT2D eigenvalue weighted by Gasteiger charge is 2.15. The molecule has 3 heterocycles. The molecule has 7 nitrogen and oxygen atoms in total. The van der Waals surface area contributed by atoms with E-state index in [9.17, 15) is 9.59 Å². The highest BCUT2D eigenvalue weighted by molar-refractivity contribution is 6.04. The smallest absolute Gasteiger partial charge is 0.258 e.